The number of nitrogens with one attached hydrogen (secondary N) is 1. The minimum absolute atomic E-state index is 0.243. The maximum absolute atomic E-state index is 13.6. The summed E-state index contributed by atoms with van der Waals surface area (Å²) in [6.45, 7) is 1.44. The molecule has 3 rings (SSSR count). The van der Waals surface area contributed by atoms with Crippen molar-refractivity contribution in [2.75, 3.05) is 16.2 Å². The van der Waals surface area contributed by atoms with Crippen LogP contribution in [-0.2, 0) is 25.7 Å². The van der Waals surface area contributed by atoms with Crippen LogP contribution in [0, 0.1) is 0 Å². The molecule has 0 fully saturated rings. The highest BCUT2D eigenvalue weighted by atomic mass is 32.2. The summed E-state index contributed by atoms with van der Waals surface area (Å²) >= 11 is 0. The molecular weight excluding hydrogens is 590 g/mol. The monoisotopic (exact) mass is 614 g/mol. The van der Waals surface area contributed by atoms with Crippen molar-refractivity contribution in [3.63, 3.8) is 0 Å². The van der Waals surface area contributed by atoms with Crippen molar-refractivity contribution < 1.29 is 64.0 Å². The summed E-state index contributed by atoms with van der Waals surface area (Å²) in [6, 6.07) is 5.94. The summed E-state index contributed by atoms with van der Waals surface area (Å²) in [5.74, 6) is -1.90. The molecule has 0 aliphatic carbocycles. The number of anilines is 2. The third-order valence-corrected chi connectivity index (χ3v) is 7.78. The number of nitrogens with zero attached hydrogens (tertiary/aromatic N) is 1. The van der Waals surface area contributed by atoms with Crippen molar-refractivity contribution in [1.82, 2.24) is 0 Å². The summed E-state index contributed by atoms with van der Waals surface area (Å²) in [4.78, 5) is 22.8. The minimum Gasteiger partial charge on any atom is -0.486 e. The van der Waals surface area contributed by atoms with E-state index in [1.165, 1.54) is 0 Å². The lowest BCUT2D eigenvalue weighted by atomic mass is 9.98. The first-order chi connectivity index (χ1) is 18.5. The molecule has 0 bridgehead atoms. The van der Waals surface area contributed by atoms with Crippen molar-refractivity contribution in [3.8, 4) is 5.75 Å². The number of carboxylic acids is 1. The molecule has 1 aliphatic rings. The molecule has 3 N–H and O–H groups in total. The summed E-state index contributed by atoms with van der Waals surface area (Å²) in [7, 11) is -4.83. The maximum Gasteiger partial charge on any atom is 0.427 e. The Bertz CT molecular complexity index is 1440. The van der Waals surface area contributed by atoms with Crippen molar-refractivity contribution in [2.45, 2.75) is 61.7 Å². The fourth-order valence-electron chi connectivity index (χ4n) is 3.65. The van der Waals surface area contributed by atoms with Crippen LogP contribution < -0.4 is 14.4 Å². The van der Waals surface area contributed by atoms with E-state index in [-0.39, 0.29) is 17.1 Å². The van der Waals surface area contributed by atoms with Crippen LogP contribution in [0.25, 0.3) is 0 Å². The van der Waals surface area contributed by atoms with Crippen molar-refractivity contribution in [2.24, 2.45) is 0 Å². The zero-order valence-corrected chi connectivity index (χ0v) is 22.3. The summed E-state index contributed by atoms with van der Waals surface area (Å²) in [6.07, 6.45) is -13.3. The van der Waals surface area contributed by atoms with Crippen molar-refractivity contribution in [3.05, 3.63) is 48.0 Å². The molecule has 0 saturated carbocycles. The number of carbonyl (C=O) groups is 2. The predicted octanol–water partition coefficient (Wildman–Crippen LogP) is 4.78. The third kappa shape index (κ3) is 6.95. The van der Waals surface area contributed by atoms with Gasteiger partial charge in [-0.15, -0.1) is 0 Å². The Kier molecular flexibility index (Phi) is 8.21. The van der Waals surface area contributed by atoms with Gasteiger partial charge < -0.3 is 19.7 Å². The Morgan fingerprint density at radius 1 is 1.07 bits per heavy atom. The van der Waals surface area contributed by atoms with E-state index in [1.807, 2.05) is 5.32 Å². The Morgan fingerprint density at radius 2 is 1.71 bits per heavy atom. The van der Waals surface area contributed by atoms with Gasteiger partial charge in [0, 0.05) is 12.1 Å². The second-order valence-electron chi connectivity index (χ2n) is 9.79. The van der Waals surface area contributed by atoms with Crippen LogP contribution in [0.5, 0.6) is 5.75 Å². The number of sulfonamides is 1. The first kappa shape index (κ1) is 31.8. The fraction of sp³-hybridized carbons (Fsp3) is 0.417. The first-order valence-corrected chi connectivity index (χ1v) is 13.0. The number of carboxylic acid groups (broad SMARTS) is 1. The van der Waals surface area contributed by atoms with Gasteiger partial charge in [-0.2, -0.15) is 26.3 Å². The molecule has 17 heteroatoms. The average molecular weight is 615 g/mol. The number of halogens is 6. The van der Waals surface area contributed by atoms with E-state index >= 15 is 0 Å². The Morgan fingerprint density at radius 3 is 2.27 bits per heavy atom. The molecule has 0 spiro atoms. The van der Waals surface area contributed by atoms with Crippen LogP contribution in [0.3, 0.4) is 0 Å². The molecule has 2 aromatic carbocycles. The lowest BCUT2D eigenvalue weighted by molar-refractivity contribution is -0.242. The molecule has 0 aromatic heterocycles. The average Bonchev–Trinajstić information content (AvgIpc) is 2.81. The smallest absolute Gasteiger partial charge is 0.427 e. The number of carbonyl (C=O) groups excluding carboxylic acids is 1. The minimum atomic E-state index is -4.92. The number of fused-ring (bicyclic) bond motifs is 1. The topological polar surface area (TPSA) is 142 Å². The quantitative estimate of drug-likeness (QED) is 0.379. The van der Waals surface area contributed by atoms with Gasteiger partial charge in [0.05, 0.1) is 22.7 Å². The van der Waals surface area contributed by atoms with Gasteiger partial charge in [0.25, 0.3) is 10.0 Å². The van der Waals surface area contributed by atoms with Gasteiger partial charge in [-0.05, 0) is 57.2 Å². The number of amides is 1. The van der Waals surface area contributed by atoms with Gasteiger partial charge in [0.15, 0.2) is 5.60 Å². The molecule has 1 heterocycles. The standard InChI is InChI=1S/C24H24F6N2O8S/c1-21(2,24(28,29)30)40-20(35)31-14-7-8-18-17(10-14)32(12-15(39-18)11-22(3,36)19(33)34)41(37,38)16-6-4-5-13(9-16)23(25,26)27/h4-10,15,36H,11-12H2,1-3H3,(H,31,35)(H,33,34)/t15-,22-/m0/s1. The lowest BCUT2D eigenvalue weighted by Gasteiger charge is -2.37. The molecule has 0 saturated heterocycles. The van der Waals surface area contributed by atoms with E-state index in [4.69, 9.17) is 4.74 Å². The molecule has 0 radical (unpaired) electrons. The number of hydrogen-bond acceptors (Lipinski definition) is 7. The molecule has 1 aliphatic heterocycles. The lowest BCUT2D eigenvalue weighted by Crippen LogP contribution is -2.48. The van der Waals surface area contributed by atoms with Gasteiger partial charge in [0.2, 0.25) is 5.60 Å². The van der Waals surface area contributed by atoms with Gasteiger partial charge in [-0.3, -0.25) is 9.62 Å². The molecule has 10 nitrogen and oxygen atoms in total. The van der Waals surface area contributed by atoms with E-state index in [2.05, 4.69) is 4.74 Å². The Labute approximate surface area is 229 Å². The van der Waals surface area contributed by atoms with Crippen LogP contribution >= 0.6 is 0 Å². The van der Waals surface area contributed by atoms with E-state index in [1.54, 1.807) is 0 Å². The fourth-order valence-corrected chi connectivity index (χ4v) is 5.19. The highest BCUT2D eigenvalue weighted by Gasteiger charge is 2.51. The SMILES string of the molecule is CC(C)(OC(=O)Nc1ccc2c(c1)N(S(=O)(=O)c1cccc(C(F)(F)F)c1)C[C@H](C[C@](C)(O)C(=O)O)O2)C(F)(F)F. The van der Waals surface area contributed by atoms with Crippen LogP contribution in [0.1, 0.15) is 32.8 Å². The van der Waals surface area contributed by atoms with Gasteiger partial charge in [-0.25, -0.2) is 18.0 Å². The second-order valence-corrected chi connectivity index (χ2v) is 11.7. The predicted molar refractivity (Wildman–Crippen MR) is 130 cm³/mol. The van der Waals surface area contributed by atoms with Crippen LogP contribution in [0.4, 0.5) is 42.5 Å². The zero-order chi connectivity index (χ0) is 31.2. The molecule has 2 atom stereocenters. The highest BCUT2D eigenvalue weighted by molar-refractivity contribution is 7.92. The van der Waals surface area contributed by atoms with E-state index in [0.29, 0.717) is 30.3 Å². The van der Waals surface area contributed by atoms with E-state index in [9.17, 15) is 54.6 Å². The molecular formula is C24H24F6N2O8S. The van der Waals surface area contributed by atoms with Crippen molar-refractivity contribution >= 4 is 33.5 Å². The number of aliphatic hydroxyl groups is 1. The summed E-state index contributed by atoms with van der Waals surface area (Å²) in [5.41, 5.74) is -7.16. The van der Waals surface area contributed by atoms with E-state index in [0.717, 1.165) is 37.3 Å². The van der Waals surface area contributed by atoms with Gasteiger partial charge in [-0.1, -0.05) is 6.07 Å². The number of rotatable bonds is 7. The van der Waals surface area contributed by atoms with Crippen LogP contribution in [0.2, 0.25) is 0 Å². The Hall–Kier alpha value is -3.73. The maximum atomic E-state index is 13.6. The largest absolute Gasteiger partial charge is 0.486 e. The van der Waals surface area contributed by atoms with E-state index < -0.39 is 75.2 Å². The summed E-state index contributed by atoms with van der Waals surface area (Å²) < 4.78 is 117. The molecule has 1 amide bonds. The van der Waals surface area contributed by atoms with Crippen molar-refractivity contribution in [1.29, 1.82) is 0 Å². The number of ether oxygens (including phenoxy) is 2. The summed E-state index contributed by atoms with van der Waals surface area (Å²) in [5, 5.41) is 21.5. The molecule has 2 aromatic rings. The van der Waals surface area contributed by atoms with Crippen LogP contribution in [0.15, 0.2) is 47.4 Å². The van der Waals surface area contributed by atoms with Crippen LogP contribution in [-0.4, -0.2) is 60.7 Å². The second kappa shape index (κ2) is 10.6. The Balaban J connectivity index is 2.05. The van der Waals surface area contributed by atoms with Gasteiger partial charge >= 0.3 is 24.4 Å². The normalized spacial score (nSPS) is 17.6. The molecule has 0 unspecified atom stereocenters. The number of hydrogen-bond donors (Lipinski definition) is 3. The zero-order valence-electron chi connectivity index (χ0n) is 21.5. The number of aliphatic carboxylic acids is 1. The number of benzene rings is 2. The highest BCUT2D eigenvalue weighted by Crippen LogP contribution is 2.41. The molecule has 41 heavy (non-hydrogen) atoms. The first-order valence-electron chi connectivity index (χ1n) is 11.6. The number of alkyl halides is 6. The molecule has 226 valence electrons. The van der Waals surface area contributed by atoms with Gasteiger partial charge in [0.1, 0.15) is 11.9 Å². The third-order valence-electron chi connectivity index (χ3n) is 6.00.